The number of hydrogen-bond donors (Lipinski definition) is 0. The van der Waals surface area contributed by atoms with Gasteiger partial charge in [0.1, 0.15) is 5.82 Å². The molecule has 0 unspecified atom stereocenters. The van der Waals surface area contributed by atoms with Crippen LogP contribution in [0.5, 0.6) is 0 Å². The molecule has 2 fully saturated rings. The monoisotopic (exact) mass is 346 g/mol. The summed E-state index contributed by atoms with van der Waals surface area (Å²) in [6.45, 7) is 1.56. The summed E-state index contributed by atoms with van der Waals surface area (Å²) in [5, 5.41) is 0. The zero-order valence-corrected chi connectivity index (χ0v) is 14.2. The maximum absolute atomic E-state index is 13.3. The van der Waals surface area contributed by atoms with Crippen LogP contribution in [0.2, 0.25) is 0 Å². The Bertz CT molecular complexity index is 652. The van der Waals surface area contributed by atoms with Crippen LogP contribution < -0.4 is 0 Å². The summed E-state index contributed by atoms with van der Waals surface area (Å²) in [7, 11) is 0. The van der Waals surface area contributed by atoms with E-state index in [-0.39, 0.29) is 49.3 Å². The van der Waals surface area contributed by atoms with Gasteiger partial charge in [0.05, 0.1) is 0 Å². The molecule has 0 aliphatic carbocycles. The van der Waals surface area contributed by atoms with Crippen LogP contribution in [0.25, 0.3) is 0 Å². The molecule has 1 aromatic carbocycles. The first-order valence-corrected chi connectivity index (χ1v) is 8.88. The molecule has 3 amide bonds. The topological polar surface area (TPSA) is 57.7 Å². The summed E-state index contributed by atoms with van der Waals surface area (Å²) in [5.41, 5.74) is 0.996. The molecule has 5 nitrogen and oxygen atoms in total. The molecular weight excluding hydrogens is 323 g/mol. The van der Waals surface area contributed by atoms with E-state index in [1.165, 1.54) is 11.0 Å². The Morgan fingerprint density at radius 2 is 1.80 bits per heavy atom. The average molecular weight is 346 g/mol. The Hall–Kier alpha value is -2.24. The largest absolute Gasteiger partial charge is 0.343 e. The number of nitrogens with zero attached hydrogens (tertiary/aromatic N) is 2. The van der Waals surface area contributed by atoms with E-state index >= 15 is 0 Å². The summed E-state index contributed by atoms with van der Waals surface area (Å²) < 4.78 is 13.3. The molecule has 2 saturated heterocycles. The van der Waals surface area contributed by atoms with E-state index in [0.717, 1.165) is 24.8 Å². The van der Waals surface area contributed by atoms with Crippen LogP contribution in [0, 0.1) is 11.7 Å². The van der Waals surface area contributed by atoms with E-state index in [4.69, 9.17) is 0 Å². The summed E-state index contributed by atoms with van der Waals surface area (Å²) in [6, 6.07) is 6.68. The van der Waals surface area contributed by atoms with Crippen LogP contribution in [0.15, 0.2) is 24.3 Å². The number of carbonyl (C=O) groups excluding carboxylic acids is 3. The molecule has 2 heterocycles. The fourth-order valence-corrected chi connectivity index (χ4v) is 3.62. The average Bonchev–Trinajstić information content (AvgIpc) is 2.92. The number of piperidine rings is 1. The van der Waals surface area contributed by atoms with Gasteiger partial charge >= 0.3 is 0 Å². The van der Waals surface area contributed by atoms with Gasteiger partial charge in [0.2, 0.25) is 17.7 Å². The number of hydrogen-bond acceptors (Lipinski definition) is 3. The lowest BCUT2D eigenvalue weighted by Crippen LogP contribution is -2.41. The van der Waals surface area contributed by atoms with Gasteiger partial charge in [-0.3, -0.25) is 19.3 Å². The van der Waals surface area contributed by atoms with Crippen LogP contribution in [0.4, 0.5) is 4.39 Å². The first-order valence-electron chi connectivity index (χ1n) is 8.88. The van der Waals surface area contributed by atoms with E-state index in [1.807, 2.05) is 11.0 Å². The molecule has 1 aromatic rings. The smallest absolute Gasteiger partial charge is 0.229 e. The summed E-state index contributed by atoms with van der Waals surface area (Å²) >= 11 is 0. The van der Waals surface area contributed by atoms with Crippen LogP contribution >= 0.6 is 0 Å². The third kappa shape index (κ3) is 4.44. The second kappa shape index (κ2) is 7.76. The van der Waals surface area contributed by atoms with Crippen molar-refractivity contribution in [2.45, 2.75) is 38.5 Å². The zero-order chi connectivity index (χ0) is 17.8. The van der Waals surface area contributed by atoms with Crippen molar-refractivity contribution in [3.05, 3.63) is 35.6 Å². The number of rotatable bonds is 5. The summed E-state index contributed by atoms with van der Waals surface area (Å²) in [6.07, 6.45) is 3.34. The fourth-order valence-electron chi connectivity index (χ4n) is 3.62. The van der Waals surface area contributed by atoms with Crippen molar-refractivity contribution >= 4 is 17.7 Å². The highest BCUT2D eigenvalue weighted by Crippen LogP contribution is 2.22. The maximum Gasteiger partial charge on any atom is 0.229 e. The van der Waals surface area contributed by atoms with Crippen molar-refractivity contribution in [2.24, 2.45) is 5.92 Å². The second-order valence-corrected chi connectivity index (χ2v) is 6.85. The van der Waals surface area contributed by atoms with Gasteiger partial charge in [-0.05, 0) is 42.9 Å². The highest BCUT2D eigenvalue weighted by atomic mass is 19.1. The number of benzene rings is 1. The highest BCUT2D eigenvalue weighted by molar-refractivity contribution is 6.02. The number of carbonyl (C=O) groups is 3. The van der Waals surface area contributed by atoms with E-state index in [2.05, 4.69) is 0 Å². The van der Waals surface area contributed by atoms with Crippen LogP contribution in [-0.2, 0) is 20.8 Å². The van der Waals surface area contributed by atoms with Gasteiger partial charge in [-0.1, -0.05) is 12.1 Å². The van der Waals surface area contributed by atoms with Gasteiger partial charge in [-0.2, -0.15) is 0 Å². The Labute approximate surface area is 146 Å². The van der Waals surface area contributed by atoms with Crippen LogP contribution in [0.3, 0.4) is 0 Å². The lowest BCUT2D eigenvalue weighted by molar-refractivity contribution is -0.139. The predicted molar refractivity (Wildman–Crippen MR) is 90.0 cm³/mol. The quantitative estimate of drug-likeness (QED) is 0.768. The van der Waals surface area contributed by atoms with Crippen molar-refractivity contribution in [1.82, 2.24) is 9.80 Å². The van der Waals surface area contributed by atoms with Gasteiger partial charge in [-0.15, -0.1) is 0 Å². The minimum Gasteiger partial charge on any atom is -0.343 e. The van der Waals surface area contributed by atoms with Gasteiger partial charge in [0.25, 0.3) is 0 Å². The molecule has 0 radical (unpaired) electrons. The van der Waals surface area contributed by atoms with E-state index < -0.39 is 0 Å². The molecule has 0 saturated carbocycles. The molecule has 2 aliphatic heterocycles. The molecule has 0 N–H and O–H groups in total. The normalized spacial score (nSPS) is 18.9. The molecule has 3 rings (SSSR count). The standard InChI is InChI=1S/C19H23FN2O3/c20-16-3-1-2-15(13-16)12-14-6-9-21(10-7-14)17(23)8-11-22-18(24)4-5-19(22)25/h1-3,13-14H,4-12H2. The highest BCUT2D eigenvalue weighted by Gasteiger charge is 2.30. The van der Waals surface area contributed by atoms with E-state index in [9.17, 15) is 18.8 Å². The molecule has 25 heavy (non-hydrogen) atoms. The first kappa shape index (κ1) is 17.6. The third-order valence-corrected chi connectivity index (χ3v) is 5.08. The Kier molecular flexibility index (Phi) is 5.46. The Morgan fingerprint density at radius 3 is 2.44 bits per heavy atom. The Balaban J connectivity index is 1.43. The lowest BCUT2D eigenvalue weighted by Gasteiger charge is -2.32. The SMILES string of the molecule is O=C(CCN1C(=O)CCC1=O)N1CCC(Cc2cccc(F)c2)CC1. The molecular formula is C19H23FN2O3. The van der Waals surface area contributed by atoms with Crippen molar-refractivity contribution in [3.8, 4) is 0 Å². The maximum atomic E-state index is 13.3. The molecule has 0 aromatic heterocycles. The van der Waals surface area contributed by atoms with Crippen LogP contribution in [0.1, 0.15) is 37.7 Å². The minimum absolute atomic E-state index is 0.00305. The number of amides is 3. The zero-order valence-electron chi connectivity index (χ0n) is 14.2. The third-order valence-electron chi connectivity index (χ3n) is 5.08. The molecule has 6 heteroatoms. The van der Waals surface area contributed by atoms with Crippen molar-refractivity contribution in [1.29, 1.82) is 0 Å². The number of likely N-dealkylation sites (tertiary alicyclic amines) is 2. The molecule has 0 spiro atoms. The number of halogens is 1. The predicted octanol–water partition coefficient (Wildman–Crippen LogP) is 2.15. The fraction of sp³-hybridized carbons (Fsp3) is 0.526. The van der Waals surface area contributed by atoms with E-state index in [1.54, 1.807) is 12.1 Å². The van der Waals surface area contributed by atoms with Gasteiger partial charge in [0.15, 0.2) is 0 Å². The molecule has 134 valence electrons. The van der Waals surface area contributed by atoms with Crippen molar-refractivity contribution < 1.29 is 18.8 Å². The summed E-state index contributed by atoms with van der Waals surface area (Å²) in [4.78, 5) is 38.5. The Morgan fingerprint density at radius 1 is 1.12 bits per heavy atom. The van der Waals surface area contributed by atoms with Gasteiger partial charge in [0, 0.05) is 38.9 Å². The lowest BCUT2D eigenvalue weighted by atomic mass is 9.90. The second-order valence-electron chi connectivity index (χ2n) is 6.85. The molecule has 0 atom stereocenters. The molecule has 0 bridgehead atoms. The molecule has 2 aliphatic rings. The summed E-state index contributed by atoms with van der Waals surface area (Å²) in [5.74, 6) is -0.112. The number of imide groups is 1. The minimum atomic E-state index is -0.212. The first-order chi connectivity index (χ1) is 12.0. The van der Waals surface area contributed by atoms with E-state index in [0.29, 0.717) is 19.0 Å². The van der Waals surface area contributed by atoms with Crippen molar-refractivity contribution in [2.75, 3.05) is 19.6 Å². The van der Waals surface area contributed by atoms with Gasteiger partial charge < -0.3 is 4.90 Å². The van der Waals surface area contributed by atoms with Gasteiger partial charge in [-0.25, -0.2) is 4.39 Å². The van der Waals surface area contributed by atoms with Crippen LogP contribution in [-0.4, -0.2) is 47.2 Å². The van der Waals surface area contributed by atoms with Crippen molar-refractivity contribution in [3.63, 3.8) is 0 Å².